The lowest BCUT2D eigenvalue weighted by atomic mass is 10.1. The van der Waals surface area contributed by atoms with Crippen LogP contribution in [0.15, 0.2) is 76.8 Å². The van der Waals surface area contributed by atoms with E-state index in [4.69, 9.17) is 9.47 Å². The first-order valence-electron chi connectivity index (χ1n) is 10.2. The van der Waals surface area contributed by atoms with Crippen molar-refractivity contribution in [1.29, 1.82) is 0 Å². The van der Waals surface area contributed by atoms with Gasteiger partial charge in [-0.25, -0.2) is 9.40 Å². The Bertz CT molecular complexity index is 1230. The fraction of sp³-hybridized carbons (Fsp3) is 0.120. The Balaban J connectivity index is 1.62. The predicted octanol–water partition coefficient (Wildman–Crippen LogP) is 5.03. The summed E-state index contributed by atoms with van der Waals surface area (Å²) >= 11 is 3.47. The van der Waals surface area contributed by atoms with Gasteiger partial charge in [-0.2, -0.15) is 0 Å². The van der Waals surface area contributed by atoms with Gasteiger partial charge in [-0.1, -0.05) is 52.3 Å². The first kappa shape index (κ1) is 22.5. The van der Waals surface area contributed by atoms with Gasteiger partial charge in [0.05, 0.1) is 12.3 Å². The maximum absolute atomic E-state index is 13.9. The molecule has 0 saturated carbocycles. The van der Waals surface area contributed by atoms with Crippen molar-refractivity contribution >= 4 is 39.5 Å². The summed E-state index contributed by atoms with van der Waals surface area (Å²) in [5.41, 5.74) is 4.10. The third kappa shape index (κ3) is 4.90. The van der Waals surface area contributed by atoms with Gasteiger partial charge in [0.2, 0.25) is 0 Å². The number of benzene rings is 3. The molecule has 8 heteroatoms. The highest BCUT2D eigenvalue weighted by molar-refractivity contribution is 9.10. The molecular weight excluding hydrogens is 491 g/mol. The summed E-state index contributed by atoms with van der Waals surface area (Å²) in [5.74, 6) is -0.508. The van der Waals surface area contributed by atoms with Gasteiger partial charge in [-0.15, -0.1) is 0 Å². The van der Waals surface area contributed by atoms with Crippen LogP contribution in [0.4, 0.5) is 10.1 Å². The topological polar surface area (TPSA) is 67.9 Å². The summed E-state index contributed by atoms with van der Waals surface area (Å²) in [6.07, 6.45) is 1.49. The number of carbonyl (C=O) groups excluding carboxylic acids is 2. The number of hydrogen-bond donors (Lipinski definition) is 1. The molecule has 1 aliphatic heterocycles. The standard InChI is InChI=1S/C25H20BrFN2O4/c1-2-32-22-13-17(20(26)14-23(22)33-15-16-8-6-7-11-21(16)27)12-19-24(30)28-29(25(19)31)18-9-4-3-5-10-18/h3-14H,2,15H2,1H3,(H,28,30)/b19-12-. The second kappa shape index (κ2) is 9.87. The van der Waals surface area contributed by atoms with Crippen LogP contribution in [0.25, 0.3) is 6.08 Å². The van der Waals surface area contributed by atoms with Crippen molar-refractivity contribution in [2.45, 2.75) is 13.5 Å². The van der Waals surface area contributed by atoms with Crippen LogP contribution in [0, 0.1) is 5.82 Å². The second-order valence-electron chi connectivity index (χ2n) is 7.11. The third-order valence-corrected chi connectivity index (χ3v) is 5.60. The van der Waals surface area contributed by atoms with E-state index in [-0.39, 0.29) is 18.0 Å². The minimum atomic E-state index is -0.506. The van der Waals surface area contributed by atoms with Crippen molar-refractivity contribution in [2.24, 2.45) is 0 Å². The second-order valence-corrected chi connectivity index (χ2v) is 7.96. The smallest absolute Gasteiger partial charge is 0.282 e. The van der Waals surface area contributed by atoms with E-state index < -0.39 is 11.8 Å². The Kier molecular flexibility index (Phi) is 6.74. The van der Waals surface area contributed by atoms with Crippen LogP contribution in [0.3, 0.4) is 0 Å². The molecule has 0 atom stereocenters. The number of ether oxygens (including phenoxy) is 2. The summed E-state index contributed by atoms with van der Waals surface area (Å²) < 4.78 is 26.0. The average Bonchev–Trinajstić information content (AvgIpc) is 3.10. The summed E-state index contributed by atoms with van der Waals surface area (Å²) in [5, 5.41) is 1.21. The van der Waals surface area contributed by atoms with Crippen molar-refractivity contribution in [2.75, 3.05) is 11.6 Å². The van der Waals surface area contributed by atoms with Gasteiger partial charge >= 0.3 is 0 Å². The van der Waals surface area contributed by atoms with Crippen LogP contribution in [0.2, 0.25) is 0 Å². The normalized spacial score (nSPS) is 14.5. The van der Waals surface area contributed by atoms with Gasteiger partial charge in [0.25, 0.3) is 11.8 Å². The van der Waals surface area contributed by atoms with E-state index in [0.717, 1.165) is 0 Å². The van der Waals surface area contributed by atoms with Crippen molar-refractivity contribution in [3.63, 3.8) is 0 Å². The third-order valence-electron chi connectivity index (χ3n) is 4.91. The van der Waals surface area contributed by atoms with Crippen molar-refractivity contribution in [1.82, 2.24) is 5.43 Å². The minimum Gasteiger partial charge on any atom is -0.490 e. The maximum Gasteiger partial charge on any atom is 0.282 e. The van der Waals surface area contributed by atoms with E-state index in [1.165, 1.54) is 17.2 Å². The first-order valence-corrected chi connectivity index (χ1v) is 11.0. The lowest BCUT2D eigenvalue weighted by Gasteiger charge is -2.15. The molecule has 1 saturated heterocycles. The fourth-order valence-electron chi connectivity index (χ4n) is 3.29. The zero-order chi connectivity index (χ0) is 23.4. The molecule has 1 N–H and O–H groups in total. The van der Waals surface area contributed by atoms with Gasteiger partial charge in [0, 0.05) is 10.0 Å². The molecule has 33 heavy (non-hydrogen) atoms. The zero-order valence-corrected chi connectivity index (χ0v) is 19.3. The summed E-state index contributed by atoms with van der Waals surface area (Å²) in [7, 11) is 0. The van der Waals surface area contributed by atoms with Gasteiger partial charge in [-0.3, -0.25) is 15.0 Å². The van der Waals surface area contributed by atoms with Crippen LogP contribution < -0.4 is 19.9 Å². The predicted molar refractivity (Wildman–Crippen MR) is 126 cm³/mol. The summed E-state index contributed by atoms with van der Waals surface area (Å²) in [6, 6.07) is 18.5. The fourth-order valence-corrected chi connectivity index (χ4v) is 3.72. The number of carbonyl (C=O) groups is 2. The Labute approximate surface area is 198 Å². The zero-order valence-electron chi connectivity index (χ0n) is 17.7. The van der Waals surface area contributed by atoms with E-state index in [1.807, 2.05) is 13.0 Å². The molecule has 0 bridgehead atoms. The molecule has 0 unspecified atom stereocenters. The van der Waals surface area contributed by atoms with E-state index in [0.29, 0.717) is 39.4 Å². The Morgan fingerprint density at radius 2 is 1.70 bits per heavy atom. The molecule has 0 radical (unpaired) electrons. The number of hydrogen-bond acceptors (Lipinski definition) is 4. The number of anilines is 1. The van der Waals surface area contributed by atoms with Crippen molar-refractivity contribution in [3.05, 3.63) is 93.7 Å². The largest absolute Gasteiger partial charge is 0.490 e. The molecule has 4 rings (SSSR count). The molecule has 3 aromatic rings. The molecular formula is C25H20BrFN2O4. The number of hydrazine groups is 1. The van der Waals surface area contributed by atoms with Gasteiger partial charge in [0.1, 0.15) is 18.0 Å². The first-order chi connectivity index (χ1) is 16.0. The lowest BCUT2D eigenvalue weighted by Crippen LogP contribution is -2.35. The number of nitrogens with one attached hydrogen (secondary N) is 1. The molecule has 1 heterocycles. The van der Waals surface area contributed by atoms with Gasteiger partial charge < -0.3 is 9.47 Å². The molecule has 0 aromatic heterocycles. The van der Waals surface area contributed by atoms with E-state index in [2.05, 4.69) is 21.4 Å². The van der Waals surface area contributed by atoms with Gasteiger partial charge in [-0.05, 0) is 48.9 Å². The molecule has 1 aliphatic rings. The highest BCUT2D eigenvalue weighted by atomic mass is 79.9. The minimum absolute atomic E-state index is 0.0120. The summed E-state index contributed by atoms with van der Waals surface area (Å²) in [4.78, 5) is 25.4. The Morgan fingerprint density at radius 1 is 1.00 bits per heavy atom. The van der Waals surface area contributed by atoms with Gasteiger partial charge in [0.15, 0.2) is 11.5 Å². The highest BCUT2D eigenvalue weighted by Gasteiger charge is 2.34. The average molecular weight is 511 g/mol. The maximum atomic E-state index is 13.9. The number of nitrogens with zero attached hydrogens (tertiary/aromatic N) is 1. The number of halogens is 2. The lowest BCUT2D eigenvalue weighted by molar-refractivity contribution is -0.117. The molecule has 1 fully saturated rings. The van der Waals surface area contributed by atoms with Crippen LogP contribution >= 0.6 is 15.9 Å². The van der Waals surface area contributed by atoms with Crippen LogP contribution in [0.5, 0.6) is 11.5 Å². The van der Waals surface area contributed by atoms with E-state index in [9.17, 15) is 14.0 Å². The molecule has 3 aromatic carbocycles. The number of para-hydroxylation sites is 1. The van der Waals surface area contributed by atoms with Crippen molar-refractivity contribution in [3.8, 4) is 11.5 Å². The Morgan fingerprint density at radius 3 is 2.42 bits per heavy atom. The quantitative estimate of drug-likeness (QED) is 0.357. The molecule has 0 aliphatic carbocycles. The van der Waals surface area contributed by atoms with E-state index in [1.54, 1.807) is 54.6 Å². The SMILES string of the molecule is CCOc1cc(/C=C2/C(=O)NN(c3ccccc3)C2=O)c(Br)cc1OCc1ccccc1F. The molecule has 0 spiro atoms. The monoisotopic (exact) mass is 510 g/mol. The van der Waals surface area contributed by atoms with Crippen LogP contribution in [-0.2, 0) is 16.2 Å². The molecule has 2 amide bonds. The Hall–Kier alpha value is -3.65. The van der Waals surface area contributed by atoms with Crippen molar-refractivity contribution < 1.29 is 23.5 Å². The number of rotatable bonds is 7. The van der Waals surface area contributed by atoms with Crippen LogP contribution in [-0.4, -0.2) is 18.4 Å². The molecule has 6 nitrogen and oxygen atoms in total. The van der Waals surface area contributed by atoms with Crippen LogP contribution in [0.1, 0.15) is 18.1 Å². The van der Waals surface area contributed by atoms with E-state index >= 15 is 0 Å². The molecule has 168 valence electrons. The highest BCUT2D eigenvalue weighted by Crippen LogP contribution is 2.36. The summed E-state index contributed by atoms with van der Waals surface area (Å²) in [6.45, 7) is 2.22. The number of amides is 2.